The molecular weight excluding hydrogens is 486 g/mol. The van der Waals surface area contributed by atoms with E-state index < -0.39 is 0 Å². The average Bonchev–Trinajstić information content (AvgIpc) is 3.24. The molecule has 0 saturated heterocycles. The van der Waals surface area contributed by atoms with Crippen molar-refractivity contribution < 1.29 is 14.3 Å². The minimum Gasteiger partial charge on any atom is -0.494 e. The average molecular weight is 520 g/mol. The van der Waals surface area contributed by atoms with Gasteiger partial charge >= 0.3 is 0 Å². The number of ether oxygens (including phenoxy) is 2. The van der Waals surface area contributed by atoms with Crippen molar-refractivity contribution >= 4 is 28.5 Å². The summed E-state index contributed by atoms with van der Waals surface area (Å²) in [6.45, 7) is 11.1. The number of para-hydroxylation sites is 2. The van der Waals surface area contributed by atoms with Crippen molar-refractivity contribution in [3.8, 4) is 11.5 Å². The predicted molar refractivity (Wildman–Crippen MR) is 149 cm³/mol. The highest BCUT2D eigenvalue weighted by Crippen LogP contribution is 2.26. The summed E-state index contributed by atoms with van der Waals surface area (Å²) >= 11 is 6.28. The van der Waals surface area contributed by atoms with Crippen molar-refractivity contribution in [2.45, 2.75) is 53.6 Å². The molecule has 4 aromatic rings. The molecule has 194 valence electrons. The van der Waals surface area contributed by atoms with Gasteiger partial charge < -0.3 is 19.4 Å². The first-order chi connectivity index (χ1) is 17.7. The topological polar surface area (TPSA) is 65.4 Å². The zero-order valence-corrected chi connectivity index (χ0v) is 22.9. The third-order valence-corrected chi connectivity index (χ3v) is 6.95. The Labute approximate surface area is 223 Å². The summed E-state index contributed by atoms with van der Waals surface area (Å²) < 4.78 is 14.0. The smallest absolute Gasteiger partial charge is 0.258 e. The van der Waals surface area contributed by atoms with Crippen LogP contribution in [0, 0.1) is 27.7 Å². The third-order valence-electron chi connectivity index (χ3n) is 6.36. The van der Waals surface area contributed by atoms with Gasteiger partial charge in [-0.3, -0.25) is 4.79 Å². The summed E-state index contributed by atoms with van der Waals surface area (Å²) in [5.74, 6) is 2.16. The zero-order valence-electron chi connectivity index (χ0n) is 22.1. The van der Waals surface area contributed by atoms with Crippen molar-refractivity contribution in [3.05, 3.63) is 87.7 Å². The number of benzene rings is 3. The lowest BCUT2D eigenvalue weighted by Crippen LogP contribution is -2.32. The minimum absolute atomic E-state index is 0.0529. The number of imidazole rings is 1. The molecule has 37 heavy (non-hydrogen) atoms. The normalized spacial score (nSPS) is 11.9. The molecule has 6 nitrogen and oxygen atoms in total. The van der Waals surface area contributed by atoms with Crippen molar-refractivity contribution in [2.75, 3.05) is 13.2 Å². The van der Waals surface area contributed by atoms with Crippen LogP contribution in [0.4, 0.5) is 0 Å². The Morgan fingerprint density at radius 2 is 1.73 bits per heavy atom. The van der Waals surface area contributed by atoms with Gasteiger partial charge in [-0.1, -0.05) is 35.9 Å². The fourth-order valence-corrected chi connectivity index (χ4v) is 4.52. The van der Waals surface area contributed by atoms with Gasteiger partial charge in [0, 0.05) is 11.6 Å². The number of hydrogen-bond donors (Lipinski definition) is 1. The second kappa shape index (κ2) is 11.7. The highest BCUT2D eigenvalue weighted by Gasteiger charge is 2.19. The van der Waals surface area contributed by atoms with E-state index in [1.807, 2.05) is 83.1 Å². The number of nitrogens with one attached hydrogen (secondary N) is 1. The maximum Gasteiger partial charge on any atom is 0.258 e. The van der Waals surface area contributed by atoms with E-state index in [0.717, 1.165) is 62.1 Å². The van der Waals surface area contributed by atoms with Crippen LogP contribution >= 0.6 is 11.6 Å². The summed E-state index contributed by atoms with van der Waals surface area (Å²) in [5, 5.41) is 3.82. The van der Waals surface area contributed by atoms with E-state index in [2.05, 4.69) is 16.0 Å². The first-order valence-corrected chi connectivity index (χ1v) is 12.9. The van der Waals surface area contributed by atoms with Gasteiger partial charge in [-0.15, -0.1) is 0 Å². The molecule has 0 bridgehead atoms. The summed E-state index contributed by atoms with van der Waals surface area (Å²) in [5.41, 5.74) is 6.03. The van der Waals surface area contributed by atoms with E-state index in [1.54, 1.807) is 0 Å². The van der Waals surface area contributed by atoms with Gasteiger partial charge in [0.25, 0.3) is 5.91 Å². The Morgan fingerprint density at radius 3 is 2.49 bits per heavy atom. The fourth-order valence-electron chi connectivity index (χ4n) is 4.42. The molecule has 1 N–H and O–H groups in total. The van der Waals surface area contributed by atoms with Crippen LogP contribution in [0.25, 0.3) is 11.0 Å². The number of fused-ring (bicyclic) bond motifs is 1. The summed E-state index contributed by atoms with van der Waals surface area (Å²) in [4.78, 5) is 17.5. The van der Waals surface area contributed by atoms with Crippen molar-refractivity contribution in [1.82, 2.24) is 14.9 Å². The Hall–Kier alpha value is -3.51. The Kier molecular flexibility index (Phi) is 8.39. The monoisotopic (exact) mass is 519 g/mol. The van der Waals surface area contributed by atoms with Gasteiger partial charge in [0.1, 0.15) is 17.3 Å². The van der Waals surface area contributed by atoms with E-state index in [0.29, 0.717) is 13.2 Å². The number of rotatable bonds is 10. The lowest BCUT2D eigenvalue weighted by atomic mass is 10.1. The molecule has 1 aromatic heterocycles. The molecule has 0 spiro atoms. The number of carbonyl (C=O) groups is 1. The van der Waals surface area contributed by atoms with Crippen LogP contribution in [-0.2, 0) is 11.3 Å². The summed E-state index contributed by atoms with van der Waals surface area (Å²) in [7, 11) is 0. The molecule has 4 rings (SSSR count). The largest absolute Gasteiger partial charge is 0.494 e. The molecule has 0 aliphatic carbocycles. The molecular formula is C30H34ClN3O3. The van der Waals surface area contributed by atoms with E-state index >= 15 is 0 Å². The predicted octanol–water partition coefficient (Wildman–Crippen LogP) is 6.65. The molecule has 1 amide bonds. The van der Waals surface area contributed by atoms with Gasteiger partial charge in [0.2, 0.25) is 0 Å². The van der Waals surface area contributed by atoms with E-state index in [4.69, 9.17) is 26.1 Å². The van der Waals surface area contributed by atoms with Gasteiger partial charge in [-0.25, -0.2) is 4.98 Å². The SMILES string of the molecule is Cc1ccc(C)c(OCC(=O)NC(C)c2nc3ccccc3n2CCCOc2cc(C)c(Cl)c(C)c2)c1. The molecule has 1 atom stereocenters. The molecule has 0 radical (unpaired) electrons. The molecule has 3 aromatic carbocycles. The van der Waals surface area contributed by atoms with Crippen molar-refractivity contribution in [2.24, 2.45) is 0 Å². The maximum atomic E-state index is 12.7. The van der Waals surface area contributed by atoms with Crippen LogP contribution in [0.3, 0.4) is 0 Å². The number of halogens is 1. The quantitative estimate of drug-likeness (QED) is 0.238. The number of amides is 1. The number of hydrogen-bond acceptors (Lipinski definition) is 4. The molecule has 1 heterocycles. The lowest BCUT2D eigenvalue weighted by molar-refractivity contribution is -0.123. The fraction of sp³-hybridized carbons (Fsp3) is 0.333. The molecule has 0 aliphatic heterocycles. The first-order valence-electron chi connectivity index (χ1n) is 12.6. The van der Waals surface area contributed by atoms with Crippen LogP contribution in [0.2, 0.25) is 5.02 Å². The molecule has 1 unspecified atom stereocenters. The second-order valence-electron chi connectivity index (χ2n) is 9.53. The number of carbonyl (C=O) groups excluding carboxylic acids is 1. The molecule has 0 fully saturated rings. The lowest BCUT2D eigenvalue weighted by Gasteiger charge is -2.17. The van der Waals surface area contributed by atoms with Crippen LogP contribution in [-0.4, -0.2) is 28.7 Å². The zero-order chi connectivity index (χ0) is 26.5. The van der Waals surface area contributed by atoms with Crippen LogP contribution in [0.5, 0.6) is 11.5 Å². The van der Waals surface area contributed by atoms with Crippen molar-refractivity contribution in [3.63, 3.8) is 0 Å². The molecule has 7 heteroatoms. The highest BCUT2D eigenvalue weighted by atomic mass is 35.5. The van der Waals surface area contributed by atoms with Crippen molar-refractivity contribution in [1.29, 1.82) is 0 Å². The van der Waals surface area contributed by atoms with Gasteiger partial charge in [0.15, 0.2) is 6.61 Å². The minimum atomic E-state index is -0.287. The second-order valence-corrected chi connectivity index (χ2v) is 9.91. The summed E-state index contributed by atoms with van der Waals surface area (Å²) in [6, 6.07) is 17.6. The molecule has 0 aliphatic rings. The van der Waals surface area contributed by atoms with Crippen LogP contribution in [0.15, 0.2) is 54.6 Å². The standard InChI is InChI=1S/C30H34ClN3O3/c1-19-11-12-20(2)27(15-19)37-18-28(35)32-23(5)30-33-25-9-6-7-10-26(25)34(30)13-8-14-36-24-16-21(3)29(31)22(4)17-24/h6-7,9-12,15-17,23H,8,13-14,18H2,1-5H3,(H,32,35). The Bertz CT molecular complexity index is 1390. The van der Waals surface area contributed by atoms with Gasteiger partial charge in [0.05, 0.1) is 23.7 Å². The van der Waals surface area contributed by atoms with Crippen LogP contribution < -0.4 is 14.8 Å². The Morgan fingerprint density at radius 1 is 1.00 bits per heavy atom. The third kappa shape index (κ3) is 6.44. The van der Waals surface area contributed by atoms with Crippen LogP contribution in [0.1, 0.15) is 47.5 Å². The maximum absolute atomic E-state index is 12.7. The number of aromatic nitrogens is 2. The van der Waals surface area contributed by atoms with E-state index in [-0.39, 0.29) is 18.6 Å². The van der Waals surface area contributed by atoms with Gasteiger partial charge in [-0.2, -0.15) is 0 Å². The Balaban J connectivity index is 1.41. The molecule has 0 saturated carbocycles. The highest BCUT2D eigenvalue weighted by molar-refractivity contribution is 6.32. The van der Waals surface area contributed by atoms with E-state index in [9.17, 15) is 4.79 Å². The number of nitrogens with zero attached hydrogens (tertiary/aromatic N) is 2. The van der Waals surface area contributed by atoms with Gasteiger partial charge in [-0.05, 0) is 93.6 Å². The number of aryl methyl sites for hydroxylation is 5. The summed E-state index contributed by atoms with van der Waals surface area (Å²) in [6.07, 6.45) is 0.782. The first kappa shape index (κ1) is 26.6. The van der Waals surface area contributed by atoms with E-state index in [1.165, 1.54) is 0 Å².